The fourth-order valence-electron chi connectivity index (χ4n) is 8.37. The van der Waals surface area contributed by atoms with Crippen LogP contribution in [0.5, 0.6) is 17.2 Å². The van der Waals surface area contributed by atoms with Gasteiger partial charge in [0.1, 0.15) is 11.6 Å². The van der Waals surface area contributed by atoms with Crippen molar-refractivity contribution in [1.29, 1.82) is 0 Å². The molecular weight excluding hydrogens is 920 g/mol. The molecule has 0 saturated carbocycles. The van der Waals surface area contributed by atoms with Gasteiger partial charge in [-0.1, -0.05) is 133 Å². The monoisotopic (exact) mass is 954 g/mol. The van der Waals surface area contributed by atoms with Crippen LogP contribution >= 0.6 is 0 Å². The fourth-order valence-corrected chi connectivity index (χ4v) is 8.37. The molecule has 6 nitrogen and oxygen atoms in total. The molecule has 0 unspecified atom stereocenters. The second-order valence-electron chi connectivity index (χ2n) is 14.4. The van der Waals surface area contributed by atoms with E-state index < -0.39 is 0 Å². The predicted octanol–water partition coefficient (Wildman–Crippen LogP) is 13.5. The van der Waals surface area contributed by atoms with Crippen molar-refractivity contribution in [2.45, 2.75) is 0 Å². The number of methoxy groups -OCH3 is 1. The normalized spacial score (nSPS) is 12.2. The maximum absolute atomic E-state index is 6.62. The first-order valence-electron chi connectivity index (χ1n) is 19.6. The van der Waals surface area contributed by atoms with Crippen molar-refractivity contribution in [2.75, 3.05) is 16.9 Å². The zero-order chi connectivity index (χ0) is 39.3. The summed E-state index contributed by atoms with van der Waals surface area (Å²) in [6.45, 7) is 2.19. The van der Waals surface area contributed by atoms with Crippen molar-refractivity contribution in [2.24, 2.45) is 0 Å². The largest absolute Gasteiger partial charge is 0.509 e. The smallest absolute Gasteiger partial charge is 0.139 e. The van der Waals surface area contributed by atoms with Crippen LogP contribution in [0.25, 0.3) is 60.6 Å². The number of pyridine rings is 1. The summed E-state index contributed by atoms with van der Waals surface area (Å²) in [5, 5.41) is 4.48. The van der Waals surface area contributed by atoms with Gasteiger partial charge in [-0.05, 0) is 40.1 Å². The molecule has 292 valence electrons. The van der Waals surface area contributed by atoms with Crippen molar-refractivity contribution in [1.82, 2.24) is 9.55 Å². The first-order valence-corrected chi connectivity index (χ1v) is 19.6. The number of rotatable bonds is 8. The molecule has 0 fully saturated rings. The predicted molar refractivity (Wildman–Crippen MR) is 239 cm³/mol. The molecule has 0 spiro atoms. The Morgan fingerprint density at radius 3 is 2.00 bits per heavy atom. The Morgan fingerprint density at radius 2 is 1.23 bits per heavy atom. The van der Waals surface area contributed by atoms with Crippen LogP contribution in [0.4, 0.5) is 22.7 Å². The molecular formula is C53H35N4O2Pt-3. The van der Waals surface area contributed by atoms with Crippen molar-refractivity contribution >= 4 is 55.3 Å². The van der Waals surface area contributed by atoms with Crippen LogP contribution in [0.15, 0.2) is 188 Å². The molecule has 1 aliphatic rings. The van der Waals surface area contributed by atoms with E-state index in [1.165, 1.54) is 5.39 Å². The Morgan fingerprint density at radius 1 is 0.550 bits per heavy atom. The first-order chi connectivity index (χ1) is 29.2. The number of para-hydroxylation sites is 2. The quantitative estimate of drug-likeness (QED) is 0.142. The van der Waals surface area contributed by atoms with Crippen LogP contribution in [0.2, 0.25) is 0 Å². The summed E-state index contributed by atoms with van der Waals surface area (Å²) in [6.07, 6.45) is 1.76. The number of ether oxygens (including phenoxy) is 2. The van der Waals surface area contributed by atoms with E-state index in [4.69, 9.17) is 14.5 Å². The van der Waals surface area contributed by atoms with E-state index in [1.807, 2.05) is 36.4 Å². The van der Waals surface area contributed by atoms with Crippen LogP contribution < -0.4 is 19.3 Å². The minimum atomic E-state index is 0. The van der Waals surface area contributed by atoms with Gasteiger partial charge >= 0.3 is 0 Å². The number of fused-ring (bicyclic) bond motifs is 6. The number of aromatic nitrogens is 2. The molecule has 0 radical (unpaired) electrons. The van der Waals surface area contributed by atoms with Gasteiger partial charge in [0.2, 0.25) is 0 Å². The molecule has 3 heterocycles. The first kappa shape index (κ1) is 37.1. The molecule has 0 amide bonds. The SMILES string of the molecule is COc1ccnc(-n2c3[c-]c(Oc4[c-]c(N5[CH-]N(c6c(-c7ccccc7)cccc6-c6ccccc6)c6c5ccc5ccccc65)ccc4)ccc3c3ccccc32)c1.[Pt]. The molecule has 8 aromatic carbocycles. The van der Waals surface area contributed by atoms with Gasteiger partial charge < -0.3 is 23.8 Å². The molecule has 0 saturated heterocycles. The molecule has 2 aromatic heterocycles. The number of hydrogen-bond donors (Lipinski definition) is 0. The maximum Gasteiger partial charge on any atom is 0.139 e. The van der Waals surface area contributed by atoms with Crippen LogP contribution in [0.3, 0.4) is 0 Å². The zero-order valence-corrected chi connectivity index (χ0v) is 34.7. The zero-order valence-electron chi connectivity index (χ0n) is 32.4. The van der Waals surface area contributed by atoms with Gasteiger partial charge in [-0.2, -0.15) is 12.1 Å². The Hall–Kier alpha value is -7.14. The Bertz CT molecular complexity index is 3130. The van der Waals surface area contributed by atoms with E-state index in [2.05, 4.69) is 179 Å². The van der Waals surface area contributed by atoms with Gasteiger partial charge in [0.05, 0.1) is 7.11 Å². The second-order valence-corrected chi connectivity index (χ2v) is 14.4. The third kappa shape index (κ3) is 6.37. The number of hydrogen-bond acceptors (Lipinski definition) is 5. The van der Waals surface area contributed by atoms with Crippen molar-refractivity contribution < 1.29 is 30.5 Å². The average molecular weight is 955 g/mol. The summed E-state index contributed by atoms with van der Waals surface area (Å²) < 4.78 is 14.3. The molecule has 1 aliphatic heterocycles. The molecule has 0 N–H and O–H groups in total. The van der Waals surface area contributed by atoms with E-state index in [-0.39, 0.29) is 21.1 Å². The molecule has 10 aromatic rings. The fraction of sp³-hybridized carbons (Fsp3) is 0.0189. The summed E-state index contributed by atoms with van der Waals surface area (Å²) in [5.74, 6) is 2.61. The summed E-state index contributed by atoms with van der Waals surface area (Å²) in [5.41, 5.74) is 10.5. The van der Waals surface area contributed by atoms with Crippen molar-refractivity contribution in [3.63, 3.8) is 0 Å². The van der Waals surface area contributed by atoms with Gasteiger partial charge in [0, 0.05) is 83.9 Å². The van der Waals surface area contributed by atoms with E-state index in [1.54, 1.807) is 13.3 Å². The van der Waals surface area contributed by atoms with Crippen LogP contribution in [0.1, 0.15) is 0 Å². The van der Waals surface area contributed by atoms with E-state index in [9.17, 15) is 0 Å². The van der Waals surface area contributed by atoms with Crippen molar-refractivity contribution in [3.05, 3.63) is 207 Å². The van der Waals surface area contributed by atoms with Gasteiger partial charge in [-0.15, -0.1) is 48.1 Å². The number of benzene rings is 8. The van der Waals surface area contributed by atoms with Gasteiger partial charge in [-0.25, -0.2) is 4.98 Å². The van der Waals surface area contributed by atoms with Crippen molar-refractivity contribution in [3.8, 4) is 45.3 Å². The van der Waals surface area contributed by atoms with Crippen LogP contribution in [-0.4, -0.2) is 16.7 Å². The van der Waals surface area contributed by atoms with Gasteiger partial charge in [0.15, 0.2) is 0 Å². The standard InChI is InChI=1S/C53H35N4O2.Pt/c1-58-40-30-31-54-51(34-40)57-48-25-11-10-22-46(48)47-28-27-42(33-50(47)57)59-41-20-12-19-39(32-41)55-35-56(53-45-21-9-8-18-38(45)26-29-49(53)55)52-43(36-14-4-2-5-15-36)23-13-24-44(52)37-16-6-3-7-17-37;/h2-31,34-35H,1H3;/q-3;. The average Bonchev–Trinajstić information content (AvgIpc) is 3.86. The third-order valence-corrected chi connectivity index (χ3v) is 11.0. The molecule has 0 atom stereocenters. The van der Waals surface area contributed by atoms with Gasteiger partial charge in [0.25, 0.3) is 0 Å². The minimum Gasteiger partial charge on any atom is -0.509 e. The second kappa shape index (κ2) is 15.6. The number of anilines is 4. The molecule has 60 heavy (non-hydrogen) atoms. The maximum atomic E-state index is 6.62. The molecule has 11 rings (SSSR count). The Labute approximate surface area is 362 Å². The molecule has 7 heteroatoms. The Kier molecular flexibility index (Phi) is 9.63. The Balaban J connectivity index is 0.00000433. The molecule has 0 aliphatic carbocycles. The topological polar surface area (TPSA) is 42.8 Å². The summed E-state index contributed by atoms with van der Waals surface area (Å²) in [7, 11) is 1.66. The van der Waals surface area contributed by atoms with Crippen LogP contribution in [-0.2, 0) is 21.1 Å². The summed E-state index contributed by atoms with van der Waals surface area (Å²) in [6, 6.07) is 70.2. The van der Waals surface area contributed by atoms with E-state index in [0.717, 1.165) is 83.8 Å². The summed E-state index contributed by atoms with van der Waals surface area (Å²) >= 11 is 0. The summed E-state index contributed by atoms with van der Waals surface area (Å²) in [4.78, 5) is 9.28. The van der Waals surface area contributed by atoms with Crippen LogP contribution in [0, 0.1) is 18.8 Å². The molecule has 0 bridgehead atoms. The van der Waals surface area contributed by atoms with E-state index in [0.29, 0.717) is 11.5 Å². The third-order valence-electron chi connectivity index (χ3n) is 11.0. The minimum absolute atomic E-state index is 0. The number of nitrogens with zero attached hydrogens (tertiary/aromatic N) is 4. The van der Waals surface area contributed by atoms with E-state index >= 15 is 0 Å². The van der Waals surface area contributed by atoms with Gasteiger partial charge in [-0.3, -0.25) is 0 Å².